The first kappa shape index (κ1) is 20.5. The van der Waals surface area contributed by atoms with Crippen LogP contribution in [0.25, 0.3) is 0 Å². The highest BCUT2D eigenvalue weighted by molar-refractivity contribution is 9.10. The molecule has 0 radical (unpaired) electrons. The van der Waals surface area contributed by atoms with E-state index < -0.39 is 10.0 Å². The quantitative estimate of drug-likeness (QED) is 0.713. The molecule has 0 unspecified atom stereocenters. The fourth-order valence-electron chi connectivity index (χ4n) is 2.34. The van der Waals surface area contributed by atoms with Crippen LogP contribution in [0, 0.1) is 6.92 Å². The van der Waals surface area contributed by atoms with Gasteiger partial charge in [-0.1, -0.05) is 46.6 Å². The normalized spacial score (nSPS) is 12.5. The second kappa shape index (κ2) is 8.68. The van der Waals surface area contributed by atoms with Gasteiger partial charge in [-0.3, -0.25) is 9.10 Å². The standard InChI is InChI=1S/C19H23BrN2O3S/c1-4-15(3)21-19(23)13-22(17-7-5-6-16(20)12-17)26(24,25)18-10-8-14(2)9-11-18/h5-12,15H,4,13H2,1-3H3,(H,21,23)/t15-/m1/s1. The highest BCUT2D eigenvalue weighted by Crippen LogP contribution is 2.26. The summed E-state index contributed by atoms with van der Waals surface area (Å²) in [6.07, 6.45) is 0.771. The van der Waals surface area contributed by atoms with E-state index in [0.29, 0.717) is 5.69 Å². The Morgan fingerprint density at radius 3 is 2.42 bits per heavy atom. The molecule has 1 amide bonds. The highest BCUT2D eigenvalue weighted by Gasteiger charge is 2.27. The van der Waals surface area contributed by atoms with E-state index in [1.165, 1.54) is 0 Å². The largest absolute Gasteiger partial charge is 0.352 e. The second-order valence-electron chi connectivity index (χ2n) is 6.18. The predicted molar refractivity (Wildman–Crippen MR) is 108 cm³/mol. The van der Waals surface area contributed by atoms with Crippen LogP contribution in [0.1, 0.15) is 25.8 Å². The number of hydrogen-bond donors (Lipinski definition) is 1. The molecule has 0 saturated heterocycles. The number of halogens is 1. The summed E-state index contributed by atoms with van der Waals surface area (Å²) in [5, 5.41) is 2.82. The smallest absolute Gasteiger partial charge is 0.264 e. The number of rotatable bonds is 7. The van der Waals surface area contributed by atoms with E-state index in [4.69, 9.17) is 0 Å². The lowest BCUT2D eigenvalue weighted by Gasteiger charge is -2.25. The van der Waals surface area contributed by atoms with Gasteiger partial charge in [-0.15, -0.1) is 0 Å². The van der Waals surface area contributed by atoms with Crippen LogP contribution >= 0.6 is 15.9 Å². The number of sulfonamides is 1. The van der Waals surface area contributed by atoms with E-state index >= 15 is 0 Å². The molecular formula is C19H23BrN2O3S. The average Bonchev–Trinajstić information content (AvgIpc) is 2.59. The second-order valence-corrected chi connectivity index (χ2v) is 8.96. The van der Waals surface area contributed by atoms with Crippen molar-refractivity contribution in [1.82, 2.24) is 5.32 Å². The van der Waals surface area contributed by atoms with Gasteiger partial charge in [0.1, 0.15) is 6.54 Å². The first-order valence-electron chi connectivity index (χ1n) is 8.38. The molecule has 1 N–H and O–H groups in total. The number of hydrogen-bond acceptors (Lipinski definition) is 3. The summed E-state index contributed by atoms with van der Waals surface area (Å²) in [6.45, 7) is 5.45. The van der Waals surface area contributed by atoms with Crippen molar-refractivity contribution in [3.05, 3.63) is 58.6 Å². The Morgan fingerprint density at radius 1 is 1.19 bits per heavy atom. The summed E-state index contributed by atoms with van der Waals surface area (Å²) in [4.78, 5) is 12.5. The fourth-order valence-corrected chi connectivity index (χ4v) is 4.14. The number of carbonyl (C=O) groups is 1. The molecule has 0 aliphatic rings. The minimum atomic E-state index is -3.87. The van der Waals surface area contributed by atoms with E-state index in [9.17, 15) is 13.2 Å². The van der Waals surface area contributed by atoms with E-state index in [1.54, 1.807) is 48.5 Å². The van der Waals surface area contributed by atoms with Crippen LogP contribution in [-0.4, -0.2) is 26.9 Å². The zero-order valence-electron chi connectivity index (χ0n) is 15.1. The van der Waals surface area contributed by atoms with Gasteiger partial charge in [0.25, 0.3) is 10.0 Å². The zero-order chi connectivity index (χ0) is 19.3. The number of benzene rings is 2. The maximum atomic E-state index is 13.2. The van der Waals surface area contributed by atoms with Crippen molar-refractivity contribution in [2.75, 3.05) is 10.8 Å². The van der Waals surface area contributed by atoms with Crippen LogP contribution in [0.4, 0.5) is 5.69 Å². The zero-order valence-corrected chi connectivity index (χ0v) is 17.5. The van der Waals surface area contributed by atoms with E-state index in [0.717, 1.165) is 20.8 Å². The minimum absolute atomic E-state index is 0.0195. The maximum absolute atomic E-state index is 13.2. The lowest BCUT2D eigenvalue weighted by Crippen LogP contribution is -2.43. The molecule has 0 heterocycles. The Morgan fingerprint density at radius 2 is 1.85 bits per heavy atom. The molecule has 140 valence electrons. The lowest BCUT2D eigenvalue weighted by molar-refractivity contribution is -0.120. The SMILES string of the molecule is CC[C@@H](C)NC(=O)CN(c1cccc(Br)c1)S(=O)(=O)c1ccc(C)cc1. The summed E-state index contributed by atoms with van der Waals surface area (Å²) in [5.41, 5.74) is 1.40. The molecule has 0 saturated carbocycles. The summed E-state index contributed by atoms with van der Waals surface area (Å²) < 4.78 is 28.2. The van der Waals surface area contributed by atoms with Crippen LogP contribution in [0.3, 0.4) is 0 Å². The Kier molecular flexibility index (Phi) is 6.83. The lowest BCUT2D eigenvalue weighted by atomic mass is 10.2. The Bertz CT molecular complexity index is 867. The molecule has 0 bridgehead atoms. The molecule has 26 heavy (non-hydrogen) atoms. The van der Waals surface area contributed by atoms with E-state index in [1.807, 2.05) is 20.8 Å². The van der Waals surface area contributed by atoms with Gasteiger partial charge in [0.05, 0.1) is 10.6 Å². The number of amides is 1. The molecule has 2 rings (SSSR count). The van der Waals surface area contributed by atoms with Gasteiger partial charge in [-0.25, -0.2) is 8.42 Å². The Balaban J connectivity index is 2.42. The summed E-state index contributed by atoms with van der Waals surface area (Å²) in [5.74, 6) is -0.338. The molecule has 2 aromatic carbocycles. The van der Waals surface area contributed by atoms with Gasteiger partial charge in [-0.2, -0.15) is 0 Å². The molecule has 5 nitrogen and oxygen atoms in total. The molecule has 0 aliphatic carbocycles. The maximum Gasteiger partial charge on any atom is 0.264 e. The van der Waals surface area contributed by atoms with Gasteiger partial charge in [0, 0.05) is 10.5 Å². The van der Waals surface area contributed by atoms with Crippen LogP contribution in [0.5, 0.6) is 0 Å². The average molecular weight is 439 g/mol. The van der Waals surface area contributed by atoms with Gasteiger partial charge < -0.3 is 5.32 Å². The highest BCUT2D eigenvalue weighted by atomic mass is 79.9. The number of aryl methyl sites for hydroxylation is 1. The van der Waals surface area contributed by atoms with Gasteiger partial charge in [-0.05, 0) is 50.6 Å². The number of anilines is 1. The molecular weight excluding hydrogens is 416 g/mol. The summed E-state index contributed by atoms with van der Waals surface area (Å²) >= 11 is 3.36. The fraction of sp³-hybridized carbons (Fsp3) is 0.316. The molecule has 0 aromatic heterocycles. The van der Waals surface area contributed by atoms with Crippen LogP contribution < -0.4 is 9.62 Å². The van der Waals surface area contributed by atoms with Crippen LogP contribution in [0.2, 0.25) is 0 Å². The van der Waals surface area contributed by atoms with Crippen LogP contribution in [0.15, 0.2) is 57.9 Å². The molecule has 0 fully saturated rings. The number of nitrogens with zero attached hydrogens (tertiary/aromatic N) is 1. The summed E-state index contributed by atoms with van der Waals surface area (Å²) in [7, 11) is -3.87. The third kappa shape index (κ3) is 5.08. The first-order chi connectivity index (χ1) is 12.2. The molecule has 0 aliphatic heterocycles. The van der Waals surface area contributed by atoms with Crippen molar-refractivity contribution in [3.8, 4) is 0 Å². The van der Waals surface area contributed by atoms with Gasteiger partial charge in [0.2, 0.25) is 5.91 Å². The first-order valence-corrected chi connectivity index (χ1v) is 10.6. The van der Waals surface area contributed by atoms with E-state index in [2.05, 4.69) is 21.2 Å². The number of nitrogens with one attached hydrogen (secondary N) is 1. The third-order valence-corrected chi connectivity index (χ3v) is 6.29. The van der Waals surface area contributed by atoms with E-state index in [-0.39, 0.29) is 23.4 Å². The minimum Gasteiger partial charge on any atom is -0.352 e. The van der Waals surface area contributed by atoms with Crippen molar-refractivity contribution in [1.29, 1.82) is 0 Å². The predicted octanol–water partition coefficient (Wildman–Crippen LogP) is 3.87. The van der Waals surface area contributed by atoms with Crippen molar-refractivity contribution in [3.63, 3.8) is 0 Å². The van der Waals surface area contributed by atoms with Crippen LogP contribution in [-0.2, 0) is 14.8 Å². The molecule has 1 atom stereocenters. The Labute approximate surface area is 163 Å². The van der Waals surface area contributed by atoms with Crippen molar-refractivity contribution in [2.24, 2.45) is 0 Å². The van der Waals surface area contributed by atoms with Crippen molar-refractivity contribution in [2.45, 2.75) is 38.1 Å². The monoisotopic (exact) mass is 438 g/mol. The van der Waals surface area contributed by atoms with Crippen molar-refractivity contribution >= 4 is 37.5 Å². The molecule has 2 aromatic rings. The molecule has 7 heteroatoms. The van der Waals surface area contributed by atoms with Gasteiger partial charge >= 0.3 is 0 Å². The van der Waals surface area contributed by atoms with Gasteiger partial charge in [0.15, 0.2) is 0 Å². The molecule has 0 spiro atoms. The third-order valence-electron chi connectivity index (χ3n) is 4.01. The Hall–Kier alpha value is -1.86. The topological polar surface area (TPSA) is 66.5 Å². The number of carbonyl (C=O) groups excluding carboxylic acids is 1. The van der Waals surface area contributed by atoms with Crippen molar-refractivity contribution < 1.29 is 13.2 Å². The summed E-state index contributed by atoms with van der Waals surface area (Å²) in [6, 6.07) is 13.5.